The van der Waals surface area contributed by atoms with Gasteiger partial charge in [-0.25, -0.2) is 9.67 Å². The maximum Gasteiger partial charge on any atom is 0.223 e. The van der Waals surface area contributed by atoms with E-state index in [2.05, 4.69) is 15.4 Å². The Kier molecular flexibility index (Phi) is 6.15. The predicted octanol–water partition coefficient (Wildman–Crippen LogP) is 4.02. The molecule has 150 valence electrons. The first kappa shape index (κ1) is 19.4. The van der Waals surface area contributed by atoms with Gasteiger partial charge >= 0.3 is 0 Å². The highest BCUT2D eigenvalue weighted by Gasteiger charge is 2.07. The number of nitrogens with zero attached hydrogens (tertiary/aromatic N) is 3. The van der Waals surface area contributed by atoms with E-state index in [0.717, 1.165) is 28.1 Å². The second-order valence-corrected chi connectivity index (χ2v) is 6.74. The summed E-state index contributed by atoms with van der Waals surface area (Å²) in [6.45, 7) is 0.790. The number of hydrogen-bond donors (Lipinski definition) is 1. The molecule has 0 aliphatic rings. The molecule has 0 saturated heterocycles. The first-order valence-corrected chi connectivity index (χ1v) is 9.77. The van der Waals surface area contributed by atoms with Crippen molar-refractivity contribution in [3.63, 3.8) is 0 Å². The number of ether oxygens (including phenoxy) is 1. The lowest BCUT2D eigenvalue weighted by Crippen LogP contribution is -2.24. The molecule has 6 nitrogen and oxygen atoms in total. The van der Waals surface area contributed by atoms with Crippen LogP contribution in [0.2, 0.25) is 0 Å². The van der Waals surface area contributed by atoms with Gasteiger partial charge in [0.2, 0.25) is 5.91 Å². The van der Waals surface area contributed by atoms with Crippen LogP contribution < -0.4 is 10.1 Å². The lowest BCUT2D eigenvalue weighted by molar-refractivity contribution is -0.121. The summed E-state index contributed by atoms with van der Waals surface area (Å²) in [5.41, 5.74) is 4.05. The maximum atomic E-state index is 12.2. The molecule has 6 heteroatoms. The topological polar surface area (TPSA) is 69.0 Å². The first-order valence-electron chi connectivity index (χ1n) is 9.77. The zero-order chi connectivity index (χ0) is 20.6. The Balaban J connectivity index is 1.26. The van der Waals surface area contributed by atoms with E-state index >= 15 is 0 Å². The molecule has 3 aromatic carbocycles. The average Bonchev–Trinajstić information content (AvgIpc) is 3.34. The highest BCUT2D eigenvalue weighted by Crippen LogP contribution is 2.29. The molecule has 4 aromatic rings. The fourth-order valence-corrected chi connectivity index (χ4v) is 3.10. The largest absolute Gasteiger partial charge is 0.492 e. The molecule has 0 aliphatic carbocycles. The summed E-state index contributed by atoms with van der Waals surface area (Å²) in [5, 5.41) is 7.03. The van der Waals surface area contributed by atoms with E-state index in [1.165, 1.54) is 6.33 Å². The highest BCUT2D eigenvalue weighted by molar-refractivity contribution is 5.76. The molecule has 0 aliphatic heterocycles. The molecule has 0 radical (unpaired) electrons. The van der Waals surface area contributed by atoms with Crippen molar-refractivity contribution in [1.29, 1.82) is 0 Å². The summed E-state index contributed by atoms with van der Waals surface area (Å²) in [6.07, 6.45) is 3.43. The van der Waals surface area contributed by atoms with E-state index < -0.39 is 0 Å². The zero-order valence-corrected chi connectivity index (χ0v) is 16.4. The van der Waals surface area contributed by atoms with Gasteiger partial charge in [0.15, 0.2) is 0 Å². The number of para-hydroxylation sites is 1. The van der Waals surface area contributed by atoms with Gasteiger partial charge in [0.05, 0.1) is 18.7 Å². The van der Waals surface area contributed by atoms with Gasteiger partial charge in [-0.1, -0.05) is 60.7 Å². The third-order valence-electron chi connectivity index (χ3n) is 4.67. The number of hydrogen-bond acceptors (Lipinski definition) is 4. The van der Waals surface area contributed by atoms with E-state index in [4.69, 9.17) is 4.74 Å². The second kappa shape index (κ2) is 9.52. The van der Waals surface area contributed by atoms with Crippen LogP contribution in [-0.4, -0.2) is 27.3 Å². The predicted molar refractivity (Wildman–Crippen MR) is 115 cm³/mol. The number of amides is 1. The Labute approximate surface area is 175 Å². The van der Waals surface area contributed by atoms with Gasteiger partial charge in [0.1, 0.15) is 18.4 Å². The van der Waals surface area contributed by atoms with Gasteiger partial charge in [-0.05, 0) is 29.3 Å². The Bertz CT molecular complexity index is 1080. The summed E-state index contributed by atoms with van der Waals surface area (Å²) in [4.78, 5) is 16.1. The molecule has 0 unspecified atom stereocenters. The Morgan fingerprint density at radius 3 is 2.47 bits per heavy atom. The SMILES string of the molecule is O=C(CCOc1ccccc1-c1ccccc1)NCc1ccc(-n2cncn2)cc1. The number of nitrogens with one attached hydrogen (secondary N) is 1. The van der Waals surface area contributed by atoms with Gasteiger partial charge in [-0.2, -0.15) is 5.10 Å². The third-order valence-corrected chi connectivity index (χ3v) is 4.67. The molecule has 1 aromatic heterocycles. The van der Waals surface area contributed by atoms with Crippen molar-refractivity contribution in [2.75, 3.05) is 6.61 Å². The minimum absolute atomic E-state index is 0.0486. The monoisotopic (exact) mass is 398 g/mol. The molecular formula is C24H22N4O2. The molecule has 30 heavy (non-hydrogen) atoms. The zero-order valence-electron chi connectivity index (χ0n) is 16.4. The van der Waals surface area contributed by atoms with Gasteiger partial charge in [-0.3, -0.25) is 4.79 Å². The van der Waals surface area contributed by atoms with E-state index in [1.54, 1.807) is 11.0 Å². The number of benzene rings is 3. The van der Waals surface area contributed by atoms with Crippen molar-refractivity contribution in [3.05, 3.63) is 97.1 Å². The minimum atomic E-state index is -0.0486. The Morgan fingerprint density at radius 1 is 0.933 bits per heavy atom. The van der Waals surface area contributed by atoms with Crippen LogP contribution in [0, 0.1) is 0 Å². The van der Waals surface area contributed by atoms with Crippen molar-refractivity contribution in [2.45, 2.75) is 13.0 Å². The van der Waals surface area contributed by atoms with Crippen LogP contribution in [0.5, 0.6) is 5.75 Å². The average molecular weight is 398 g/mol. The molecule has 1 amide bonds. The summed E-state index contributed by atoms with van der Waals surface area (Å²) in [6, 6.07) is 25.8. The molecule has 1 heterocycles. The van der Waals surface area contributed by atoms with Crippen LogP contribution in [0.3, 0.4) is 0 Å². The van der Waals surface area contributed by atoms with E-state index in [9.17, 15) is 4.79 Å². The Hall–Kier alpha value is -3.93. The number of rotatable bonds is 8. The van der Waals surface area contributed by atoms with E-state index in [0.29, 0.717) is 19.6 Å². The normalized spacial score (nSPS) is 10.5. The van der Waals surface area contributed by atoms with Crippen molar-refractivity contribution in [3.8, 4) is 22.6 Å². The molecule has 0 bridgehead atoms. The fraction of sp³-hybridized carbons (Fsp3) is 0.125. The van der Waals surface area contributed by atoms with Crippen molar-refractivity contribution >= 4 is 5.91 Å². The molecule has 0 atom stereocenters. The van der Waals surface area contributed by atoms with Gasteiger partial charge in [0.25, 0.3) is 0 Å². The smallest absolute Gasteiger partial charge is 0.223 e. The summed E-state index contributed by atoms with van der Waals surface area (Å²) in [7, 11) is 0. The van der Waals surface area contributed by atoms with Crippen molar-refractivity contribution < 1.29 is 9.53 Å². The van der Waals surface area contributed by atoms with Crippen LogP contribution in [0.4, 0.5) is 0 Å². The van der Waals surface area contributed by atoms with Crippen LogP contribution in [0.1, 0.15) is 12.0 Å². The van der Waals surface area contributed by atoms with Crippen molar-refractivity contribution in [1.82, 2.24) is 20.1 Å². The molecule has 0 saturated carbocycles. The van der Waals surface area contributed by atoms with Crippen LogP contribution in [-0.2, 0) is 11.3 Å². The van der Waals surface area contributed by atoms with Gasteiger partial charge in [-0.15, -0.1) is 0 Å². The van der Waals surface area contributed by atoms with Crippen LogP contribution in [0.25, 0.3) is 16.8 Å². The number of carbonyl (C=O) groups is 1. The fourth-order valence-electron chi connectivity index (χ4n) is 3.10. The van der Waals surface area contributed by atoms with E-state index in [-0.39, 0.29) is 5.91 Å². The summed E-state index contributed by atoms with van der Waals surface area (Å²) in [5.74, 6) is 0.729. The number of aromatic nitrogens is 3. The summed E-state index contributed by atoms with van der Waals surface area (Å²) >= 11 is 0. The molecular weight excluding hydrogens is 376 g/mol. The minimum Gasteiger partial charge on any atom is -0.492 e. The standard InChI is InChI=1S/C24H22N4O2/c29-24(26-16-19-10-12-21(13-11-19)28-18-25-17-27-28)14-15-30-23-9-5-4-8-22(23)20-6-2-1-3-7-20/h1-13,17-18H,14-16H2,(H,26,29). The number of carbonyl (C=O) groups excluding carboxylic acids is 1. The second-order valence-electron chi connectivity index (χ2n) is 6.74. The quantitative estimate of drug-likeness (QED) is 0.487. The van der Waals surface area contributed by atoms with Crippen molar-refractivity contribution in [2.24, 2.45) is 0 Å². The lowest BCUT2D eigenvalue weighted by atomic mass is 10.1. The molecule has 1 N–H and O–H groups in total. The first-order chi connectivity index (χ1) is 14.8. The van der Waals surface area contributed by atoms with E-state index in [1.807, 2.05) is 78.9 Å². The third kappa shape index (κ3) is 4.91. The molecule has 0 fully saturated rings. The lowest BCUT2D eigenvalue weighted by Gasteiger charge is -2.12. The van der Waals surface area contributed by atoms with Crippen LogP contribution >= 0.6 is 0 Å². The molecule has 4 rings (SSSR count). The summed E-state index contributed by atoms with van der Waals surface area (Å²) < 4.78 is 7.58. The highest BCUT2D eigenvalue weighted by atomic mass is 16.5. The molecule has 0 spiro atoms. The van der Waals surface area contributed by atoms with Gasteiger partial charge in [0, 0.05) is 12.1 Å². The van der Waals surface area contributed by atoms with Crippen LogP contribution in [0.15, 0.2) is 91.5 Å². The van der Waals surface area contributed by atoms with Gasteiger partial charge < -0.3 is 10.1 Å². The Morgan fingerprint density at radius 2 is 1.70 bits per heavy atom. The maximum absolute atomic E-state index is 12.2.